The Morgan fingerprint density at radius 3 is 2.26 bits per heavy atom. The second-order valence-corrected chi connectivity index (χ2v) is 5.28. The van der Waals surface area contributed by atoms with Gasteiger partial charge in [0, 0.05) is 5.69 Å². The molecule has 0 spiro atoms. The molecule has 0 aliphatic carbocycles. The molecule has 1 aromatic heterocycles. The van der Waals surface area contributed by atoms with Gasteiger partial charge in [-0.25, -0.2) is 0 Å². The number of ether oxygens (including phenoxy) is 2. The molecule has 0 saturated carbocycles. The Labute approximate surface area is 136 Å². The summed E-state index contributed by atoms with van der Waals surface area (Å²) in [7, 11) is 0. The number of pyridine rings is 1. The average Bonchev–Trinajstić information content (AvgIpc) is 2.50. The number of hydrogen-bond donors (Lipinski definition) is 1. The number of carbonyl (C=O) groups is 1. The van der Waals surface area contributed by atoms with Crippen molar-refractivity contribution in [3.8, 4) is 11.5 Å². The van der Waals surface area contributed by atoms with E-state index in [1.54, 1.807) is 12.1 Å². The van der Waals surface area contributed by atoms with Crippen molar-refractivity contribution in [1.82, 2.24) is 4.98 Å². The Morgan fingerprint density at radius 2 is 1.70 bits per heavy atom. The van der Waals surface area contributed by atoms with Gasteiger partial charge >= 0.3 is 0 Å². The number of nitrogens with zero attached hydrogens (tertiary/aromatic N) is 1. The minimum absolute atomic E-state index is 0.0548. The fourth-order valence-electron chi connectivity index (χ4n) is 2.34. The molecule has 23 heavy (non-hydrogen) atoms. The maximum Gasteiger partial charge on any atom is 0.262 e. The minimum Gasteiger partial charge on any atom is -0.494 e. The van der Waals surface area contributed by atoms with Crippen LogP contribution in [0.4, 0.5) is 5.69 Å². The number of nitrogens with one attached hydrogen (secondary N) is 1. The van der Waals surface area contributed by atoms with Gasteiger partial charge in [-0.2, -0.15) is 0 Å². The van der Waals surface area contributed by atoms with Gasteiger partial charge in [0.2, 0.25) is 0 Å². The predicted octanol–water partition coefficient (Wildman–Crippen LogP) is 3.42. The number of aryl methyl sites for hydroxylation is 3. The fraction of sp³-hybridized carbons (Fsp3) is 0.333. The molecule has 0 saturated heterocycles. The summed E-state index contributed by atoms with van der Waals surface area (Å²) in [5, 5.41) is 2.86. The summed E-state index contributed by atoms with van der Waals surface area (Å²) >= 11 is 0. The Balaban J connectivity index is 1.93. The molecule has 0 unspecified atom stereocenters. The highest BCUT2D eigenvalue weighted by Gasteiger charge is 2.10. The molecular formula is C18H22N2O3. The van der Waals surface area contributed by atoms with Gasteiger partial charge in [0.15, 0.2) is 6.61 Å². The Bertz CT molecular complexity index is 658. The van der Waals surface area contributed by atoms with Crippen LogP contribution in [0.15, 0.2) is 30.3 Å². The van der Waals surface area contributed by atoms with Gasteiger partial charge in [-0.05, 0) is 63.6 Å². The number of carbonyl (C=O) groups excluding carboxylic acids is 1. The van der Waals surface area contributed by atoms with Crippen molar-refractivity contribution in [2.24, 2.45) is 0 Å². The lowest BCUT2D eigenvalue weighted by molar-refractivity contribution is -0.118. The van der Waals surface area contributed by atoms with Crippen LogP contribution in [0.1, 0.15) is 23.9 Å². The highest BCUT2D eigenvalue weighted by Crippen LogP contribution is 2.20. The van der Waals surface area contributed by atoms with Gasteiger partial charge in [-0.3, -0.25) is 9.78 Å². The lowest BCUT2D eigenvalue weighted by atomic mass is 10.1. The lowest BCUT2D eigenvalue weighted by Gasteiger charge is -2.12. The normalized spacial score (nSPS) is 10.3. The van der Waals surface area contributed by atoms with Crippen molar-refractivity contribution in [2.75, 3.05) is 18.5 Å². The highest BCUT2D eigenvalue weighted by atomic mass is 16.5. The first-order valence-corrected chi connectivity index (χ1v) is 7.60. The molecule has 0 fully saturated rings. The van der Waals surface area contributed by atoms with Crippen molar-refractivity contribution >= 4 is 11.6 Å². The van der Waals surface area contributed by atoms with Crippen LogP contribution in [0.5, 0.6) is 11.5 Å². The molecule has 1 N–H and O–H groups in total. The van der Waals surface area contributed by atoms with Gasteiger partial charge in [0.05, 0.1) is 18.0 Å². The molecule has 2 rings (SSSR count). The van der Waals surface area contributed by atoms with Crippen LogP contribution in [-0.4, -0.2) is 24.1 Å². The van der Waals surface area contributed by atoms with E-state index in [0.717, 1.165) is 28.4 Å². The van der Waals surface area contributed by atoms with E-state index >= 15 is 0 Å². The number of hydrogen-bond acceptors (Lipinski definition) is 4. The largest absolute Gasteiger partial charge is 0.494 e. The molecule has 1 heterocycles. The van der Waals surface area contributed by atoms with Crippen molar-refractivity contribution in [3.05, 3.63) is 47.3 Å². The summed E-state index contributed by atoms with van der Waals surface area (Å²) in [6, 6.07) is 9.13. The van der Waals surface area contributed by atoms with Crippen molar-refractivity contribution < 1.29 is 14.3 Å². The van der Waals surface area contributed by atoms with Gasteiger partial charge in [0.1, 0.15) is 11.5 Å². The molecule has 0 aliphatic rings. The maximum atomic E-state index is 12.1. The average molecular weight is 314 g/mol. The number of benzene rings is 1. The van der Waals surface area contributed by atoms with Gasteiger partial charge < -0.3 is 14.8 Å². The SMILES string of the molecule is CCOc1ccc(OCC(=O)Nc2c(C)cc(C)nc2C)cc1. The molecule has 0 aliphatic heterocycles. The zero-order valence-electron chi connectivity index (χ0n) is 14.0. The Morgan fingerprint density at radius 1 is 1.09 bits per heavy atom. The third-order valence-electron chi connectivity index (χ3n) is 3.29. The van der Waals surface area contributed by atoms with E-state index < -0.39 is 0 Å². The zero-order valence-corrected chi connectivity index (χ0v) is 14.0. The summed E-state index contributed by atoms with van der Waals surface area (Å²) in [5.74, 6) is 1.19. The molecule has 122 valence electrons. The Hall–Kier alpha value is -2.56. The van der Waals surface area contributed by atoms with E-state index in [1.165, 1.54) is 0 Å². The van der Waals surface area contributed by atoms with Crippen LogP contribution in [0.25, 0.3) is 0 Å². The van der Waals surface area contributed by atoms with E-state index in [2.05, 4.69) is 10.3 Å². The number of amides is 1. The van der Waals surface area contributed by atoms with E-state index in [-0.39, 0.29) is 12.5 Å². The molecule has 0 radical (unpaired) electrons. The van der Waals surface area contributed by atoms with Crippen LogP contribution in [0.2, 0.25) is 0 Å². The van der Waals surface area contributed by atoms with Gasteiger partial charge in [-0.15, -0.1) is 0 Å². The molecule has 0 bridgehead atoms. The van der Waals surface area contributed by atoms with Crippen molar-refractivity contribution in [2.45, 2.75) is 27.7 Å². The van der Waals surface area contributed by atoms with E-state index in [0.29, 0.717) is 12.4 Å². The second-order valence-electron chi connectivity index (χ2n) is 5.28. The molecule has 1 aromatic carbocycles. The maximum absolute atomic E-state index is 12.1. The van der Waals surface area contributed by atoms with Crippen molar-refractivity contribution in [3.63, 3.8) is 0 Å². The van der Waals surface area contributed by atoms with E-state index in [4.69, 9.17) is 9.47 Å². The molecule has 0 atom stereocenters. The summed E-state index contributed by atoms with van der Waals surface area (Å²) in [4.78, 5) is 16.4. The third kappa shape index (κ3) is 4.71. The van der Waals surface area contributed by atoms with Crippen LogP contribution in [0.3, 0.4) is 0 Å². The fourth-order valence-corrected chi connectivity index (χ4v) is 2.34. The first-order valence-electron chi connectivity index (χ1n) is 7.60. The molecule has 1 amide bonds. The molecular weight excluding hydrogens is 292 g/mol. The summed E-state index contributed by atoms with van der Waals surface area (Å²) in [6.45, 7) is 8.25. The van der Waals surface area contributed by atoms with E-state index in [9.17, 15) is 4.79 Å². The third-order valence-corrected chi connectivity index (χ3v) is 3.29. The Kier molecular flexibility index (Phi) is 5.57. The number of anilines is 1. The summed E-state index contributed by atoms with van der Waals surface area (Å²) in [6.07, 6.45) is 0. The molecule has 2 aromatic rings. The monoisotopic (exact) mass is 314 g/mol. The topological polar surface area (TPSA) is 60.5 Å². The lowest BCUT2D eigenvalue weighted by Crippen LogP contribution is -2.21. The number of rotatable bonds is 6. The summed E-state index contributed by atoms with van der Waals surface area (Å²) < 4.78 is 10.8. The van der Waals surface area contributed by atoms with Crippen molar-refractivity contribution in [1.29, 1.82) is 0 Å². The van der Waals surface area contributed by atoms with Crippen LogP contribution < -0.4 is 14.8 Å². The second kappa shape index (κ2) is 7.63. The smallest absolute Gasteiger partial charge is 0.262 e. The first-order chi connectivity index (χ1) is 11.0. The predicted molar refractivity (Wildman–Crippen MR) is 90.2 cm³/mol. The van der Waals surface area contributed by atoms with E-state index in [1.807, 2.05) is 45.9 Å². The molecule has 5 heteroatoms. The minimum atomic E-state index is -0.212. The highest BCUT2D eigenvalue weighted by molar-refractivity contribution is 5.93. The zero-order chi connectivity index (χ0) is 16.8. The van der Waals surface area contributed by atoms with Gasteiger partial charge in [0.25, 0.3) is 5.91 Å². The number of aromatic nitrogens is 1. The van der Waals surface area contributed by atoms with Crippen LogP contribution >= 0.6 is 0 Å². The summed E-state index contributed by atoms with van der Waals surface area (Å²) in [5.41, 5.74) is 3.47. The molecule has 5 nitrogen and oxygen atoms in total. The van der Waals surface area contributed by atoms with Crippen LogP contribution in [-0.2, 0) is 4.79 Å². The quantitative estimate of drug-likeness (QED) is 0.887. The van der Waals surface area contributed by atoms with Crippen LogP contribution in [0, 0.1) is 20.8 Å². The standard InChI is InChI=1S/C18H22N2O3/c1-5-22-15-6-8-16(9-7-15)23-11-17(21)20-18-12(2)10-13(3)19-14(18)4/h6-10H,5,11H2,1-4H3,(H,20,21). The van der Waals surface area contributed by atoms with Gasteiger partial charge in [-0.1, -0.05) is 0 Å². The first kappa shape index (κ1) is 16.8.